The molecule has 0 saturated carbocycles. The summed E-state index contributed by atoms with van der Waals surface area (Å²) in [6.07, 6.45) is 0. The Morgan fingerprint density at radius 1 is 1.43 bits per heavy atom. The second-order valence-electron chi connectivity index (χ2n) is 4.18. The lowest BCUT2D eigenvalue weighted by molar-refractivity contribution is -0.143. The topological polar surface area (TPSA) is 29.1 Å². The van der Waals surface area contributed by atoms with Gasteiger partial charge in [0.05, 0.1) is 11.5 Å². The Labute approximate surface area is 88.3 Å². The van der Waals surface area contributed by atoms with Crippen molar-refractivity contribution < 1.29 is 4.79 Å². The van der Waals surface area contributed by atoms with Crippen LogP contribution in [-0.2, 0) is 4.79 Å². The van der Waals surface area contributed by atoms with Gasteiger partial charge in [0.1, 0.15) is 0 Å². The van der Waals surface area contributed by atoms with Crippen LogP contribution in [0.4, 0.5) is 0 Å². The van der Waals surface area contributed by atoms with Crippen LogP contribution in [0.3, 0.4) is 0 Å². The monoisotopic (exact) mass is 209 g/mol. The van der Waals surface area contributed by atoms with Crippen LogP contribution in [0.5, 0.6) is 0 Å². The number of β-lactam (4-membered cyclic amide) rings is 1. The van der Waals surface area contributed by atoms with E-state index in [1.807, 2.05) is 38.1 Å². The third-order valence-corrected chi connectivity index (χ3v) is 3.00. The van der Waals surface area contributed by atoms with Crippen LogP contribution < -0.4 is 5.32 Å². The van der Waals surface area contributed by atoms with Crippen molar-refractivity contribution in [1.29, 1.82) is 0 Å². The Morgan fingerprint density at radius 3 is 2.64 bits per heavy atom. The maximum absolute atomic E-state index is 11.3. The molecule has 3 heteroatoms. The summed E-state index contributed by atoms with van der Waals surface area (Å²) in [5.41, 5.74) is 0.757. The number of halogens is 1. The third-order valence-electron chi connectivity index (χ3n) is 2.76. The molecule has 1 atom stereocenters. The van der Waals surface area contributed by atoms with Crippen LogP contribution in [0.1, 0.15) is 25.5 Å². The van der Waals surface area contributed by atoms with E-state index in [9.17, 15) is 4.79 Å². The highest BCUT2D eigenvalue weighted by molar-refractivity contribution is 6.30. The summed E-state index contributed by atoms with van der Waals surface area (Å²) in [5, 5.41) is 3.59. The molecule has 1 amide bonds. The molecule has 2 nitrogen and oxygen atoms in total. The van der Waals surface area contributed by atoms with Crippen molar-refractivity contribution in [2.75, 3.05) is 0 Å². The summed E-state index contributed by atoms with van der Waals surface area (Å²) in [7, 11) is 0. The first-order valence-corrected chi connectivity index (χ1v) is 4.96. The number of nitrogens with one attached hydrogen (secondary N) is 1. The van der Waals surface area contributed by atoms with Crippen LogP contribution in [0.2, 0.25) is 5.02 Å². The second-order valence-corrected chi connectivity index (χ2v) is 4.62. The van der Waals surface area contributed by atoms with Crippen molar-refractivity contribution in [1.82, 2.24) is 5.32 Å². The Balaban J connectivity index is 2.30. The summed E-state index contributed by atoms with van der Waals surface area (Å²) < 4.78 is 0. The Kier molecular flexibility index (Phi) is 2.04. The van der Waals surface area contributed by atoms with Crippen molar-refractivity contribution >= 4 is 17.5 Å². The van der Waals surface area contributed by atoms with Gasteiger partial charge in [-0.3, -0.25) is 4.79 Å². The molecule has 0 bridgehead atoms. The fraction of sp³-hybridized carbons (Fsp3) is 0.364. The van der Waals surface area contributed by atoms with E-state index in [2.05, 4.69) is 5.32 Å². The molecule has 0 aromatic heterocycles. The maximum Gasteiger partial charge on any atom is 0.228 e. The minimum absolute atomic E-state index is 0.0914. The van der Waals surface area contributed by atoms with E-state index >= 15 is 0 Å². The van der Waals surface area contributed by atoms with Crippen LogP contribution in [-0.4, -0.2) is 5.91 Å². The minimum Gasteiger partial charge on any atom is -0.348 e. The molecule has 1 unspecified atom stereocenters. The van der Waals surface area contributed by atoms with Crippen molar-refractivity contribution in [2.45, 2.75) is 19.9 Å². The first-order chi connectivity index (χ1) is 6.51. The molecule has 1 aromatic rings. The Morgan fingerprint density at radius 2 is 2.14 bits per heavy atom. The summed E-state index contributed by atoms with van der Waals surface area (Å²) in [6, 6.07) is 7.70. The molecular formula is C11H12ClNO. The normalized spacial score (nSPS) is 23.9. The highest BCUT2D eigenvalue weighted by Gasteiger charge is 2.47. The zero-order valence-electron chi connectivity index (χ0n) is 8.17. The number of hydrogen-bond donors (Lipinski definition) is 1. The minimum atomic E-state index is -0.315. The smallest absolute Gasteiger partial charge is 0.228 e. The standard InChI is InChI=1S/C11H12ClNO/c1-11(2)9(13-10(11)14)7-4-3-5-8(12)6-7/h3-6,9H,1-2H3,(H,13,14). The summed E-state index contributed by atoms with van der Waals surface area (Å²) in [5.74, 6) is 0.0995. The van der Waals surface area contributed by atoms with Crippen molar-refractivity contribution in [3.63, 3.8) is 0 Å². The number of benzene rings is 1. The molecule has 1 heterocycles. The van der Waals surface area contributed by atoms with Gasteiger partial charge in [-0.2, -0.15) is 0 Å². The van der Waals surface area contributed by atoms with Gasteiger partial charge in [0.2, 0.25) is 5.91 Å². The van der Waals surface area contributed by atoms with Crippen LogP contribution in [0, 0.1) is 5.41 Å². The fourth-order valence-corrected chi connectivity index (χ4v) is 1.94. The van der Waals surface area contributed by atoms with Gasteiger partial charge in [0, 0.05) is 5.02 Å². The van der Waals surface area contributed by atoms with E-state index in [0.717, 1.165) is 5.56 Å². The molecule has 2 rings (SSSR count). The van der Waals surface area contributed by atoms with Gasteiger partial charge in [-0.15, -0.1) is 0 Å². The first-order valence-electron chi connectivity index (χ1n) is 4.58. The molecular weight excluding hydrogens is 198 g/mol. The molecule has 1 fully saturated rings. The Bertz CT molecular complexity index is 387. The molecule has 0 spiro atoms. The summed E-state index contributed by atoms with van der Waals surface area (Å²) in [4.78, 5) is 11.3. The third kappa shape index (κ3) is 1.30. The molecule has 0 aliphatic carbocycles. The van der Waals surface area contributed by atoms with E-state index in [0.29, 0.717) is 5.02 Å². The Hall–Kier alpha value is -1.02. The van der Waals surface area contributed by atoms with Crippen molar-refractivity contribution in [3.05, 3.63) is 34.9 Å². The average molecular weight is 210 g/mol. The zero-order valence-corrected chi connectivity index (χ0v) is 8.93. The highest BCUT2D eigenvalue weighted by atomic mass is 35.5. The molecule has 1 aliphatic heterocycles. The van der Waals surface area contributed by atoms with Gasteiger partial charge in [0.25, 0.3) is 0 Å². The van der Waals surface area contributed by atoms with Gasteiger partial charge < -0.3 is 5.32 Å². The number of rotatable bonds is 1. The molecule has 74 valence electrons. The van der Waals surface area contributed by atoms with E-state index < -0.39 is 0 Å². The predicted molar refractivity (Wildman–Crippen MR) is 56.1 cm³/mol. The predicted octanol–water partition coefficient (Wildman–Crippen LogP) is 2.54. The van der Waals surface area contributed by atoms with Gasteiger partial charge in [-0.1, -0.05) is 23.7 Å². The quantitative estimate of drug-likeness (QED) is 0.708. The maximum atomic E-state index is 11.3. The number of carbonyl (C=O) groups is 1. The van der Waals surface area contributed by atoms with Gasteiger partial charge in [0.15, 0.2) is 0 Å². The first kappa shape index (κ1) is 9.53. The van der Waals surface area contributed by atoms with Gasteiger partial charge >= 0.3 is 0 Å². The fourth-order valence-electron chi connectivity index (χ4n) is 1.74. The largest absolute Gasteiger partial charge is 0.348 e. The SMILES string of the molecule is CC1(C)C(=O)NC1c1cccc(Cl)c1. The molecule has 1 saturated heterocycles. The van der Waals surface area contributed by atoms with E-state index in [1.54, 1.807) is 0 Å². The number of hydrogen-bond acceptors (Lipinski definition) is 1. The van der Waals surface area contributed by atoms with Crippen molar-refractivity contribution in [3.8, 4) is 0 Å². The number of amides is 1. The zero-order chi connectivity index (χ0) is 10.3. The lowest BCUT2D eigenvalue weighted by Crippen LogP contribution is -2.57. The van der Waals surface area contributed by atoms with Crippen molar-refractivity contribution in [2.24, 2.45) is 5.41 Å². The summed E-state index contributed by atoms with van der Waals surface area (Å²) in [6.45, 7) is 3.88. The molecule has 1 N–H and O–H groups in total. The second kappa shape index (κ2) is 2.99. The highest BCUT2D eigenvalue weighted by Crippen LogP contribution is 2.41. The van der Waals surface area contributed by atoms with Gasteiger partial charge in [-0.05, 0) is 31.5 Å². The lowest BCUT2D eigenvalue weighted by Gasteiger charge is -2.44. The van der Waals surface area contributed by atoms with E-state index in [4.69, 9.17) is 11.6 Å². The molecule has 1 aliphatic rings. The molecule has 0 radical (unpaired) electrons. The van der Waals surface area contributed by atoms with E-state index in [-0.39, 0.29) is 17.4 Å². The van der Waals surface area contributed by atoms with Crippen LogP contribution >= 0.6 is 11.6 Å². The van der Waals surface area contributed by atoms with Gasteiger partial charge in [-0.25, -0.2) is 0 Å². The lowest BCUT2D eigenvalue weighted by atomic mass is 9.73. The average Bonchev–Trinajstić information content (AvgIpc) is 2.14. The summed E-state index contributed by atoms with van der Waals surface area (Å²) >= 11 is 5.89. The van der Waals surface area contributed by atoms with Crippen LogP contribution in [0.25, 0.3) is 0 Å². The number of carbonyl (C=O) groups excluding carboxylic acids is 1. The van der Waals surface area contributed by atoms with Crippen LogP contribution in [0.15, 0.2) is 24.3 Å². The van der Waals surface area contributed by atoms with E-state index in [1.165, 1.54) is 0 Å². The molecule has 14 heavy (non-hydrogen) atoms. The molecule has 1 aromatic carbocycles.